The van der Waals surface area contributed by atoms with E-state index in [4.69, 9.17) is 4.42 Å². The first-order chi connectivity index (χ1) is 11.6. The fourth-order valence-electron chi connectivity index (χ4n) is 3.22. The summed E-state index contributed by atoms with van der Waals surface area (Å²) in [7, 11) is 0. The minimum absolute atomic E-state index is 0.373. The van der Waals surface area contributed by atoms with Gasteiger partial charge in [-0.05, 0) is 47.6 Å². The molecule has 4 aromatic rings. The smallest absolute Gasteiger partial charge is 0.134 e. The van der Waals surface area contributed by atoms with Gasteiger partial charge in [0.05, 0.1) is 0 Å². The van der Waals surface area contributed by atoms with Crippen LogP contribution in [0.2, 0.25) is 0 Å². The normalized spacial score (nSPS) is 13.2. The molecule has 0 aliphatic rings. The lowest BCUT2D eigenvalue weighted by molar-refractivity contribution is 0.504. The van der Waals surface area contributed by atoms with Gasteiger partial charge in [-0.3, -0.25) is 0 Å². The molecule has 0 saturated heterocycles. The molecule has 2 heteroatoms. The molecule has 2 aromatic heterocycles. The first-order valence-corrected chi connectivity index (χ1v) is 9.42. The molecular formula is C22H22OS. The fraction of sp³-hybridized carbons (Fsp3) is 0.273. The SMILES string of the molecule is CC(C)c1cc2cc(CC(C)c3cc4ccccc4o3)ccc2s1. The van der Waals surface area contributed by atoms with Gasteiger partial charge in [0.1, 0.15) is 11.3 Å². The zero-order valence-electron chi connectivity index (χ0n) is 14.4. The zero-order chi connectivity index (χ0) is 16.7. The van der Waals surface area contributed by atoms with Crippen LogP contribution in [-0.2, 0) is 6.42 Å². The number of thiophene rings is 1. The molecule has 0 radical (unpaired) electrons. The summed E-state index contributed by atoms with van der Waals surface area (Å²) in [4.78, 5) is 1.47. The highest BCUT2D eigenvalue weighted by Crippen LogP contribution is 2.33. The second kappa shape index (κ2) is 6.10. The van der Waals surface area contributed by atoms with Crippen molar-refractivity contribution in [2.45, 2.75) is 39.0 Å². The van der Waals surface area contributed by atoms with Gasteiger partial charge in [-0.1, -0.05) is 51.1 Å². The summed E-state index contributed by atoms with van der Waals surface area (Å²) in [6, 6.07) is 19.6. The molecular weight excluding hydrogens is 312 g/mol. The molecule has 0 saturated carbocycles. The Morgan fingerprint density at radius 3 is 2.54 bits per heavy atom. The van der Waals surface area contributed by atoms with E-state index in [-0.39, 0.29) is 0 Å². The summed E-state index contributed by atoms with van der Waals surface area (Å²) < 4.78 is 7.41. The van der Waals surface area contributed by atoms with Crippen LogP contribution in [0.15, 0.2) is 59.0 Å². The van der Waals surface area contributed by atoms with Crippen LogP contribution in [0.4, 0.5) is 0 Å². The Hall–Kier alpha value is -2.06. The van der Waals surface area contributed by atoms with Crippen LogP contribution in [0.5, 0.6) is 0 Å². The maximum Gasteiger partial charge on any atom is 0.134 e. The fourth-order valence-corrected chi connectivity index (χ4v) is 4.27. The number of furan rings is 1. The Labute approximate surface area is 146 Å². The molecule has 0 aliphatic carbocycles. The molecule has 0 N–H and O–H groups in total. The summed E-state index contributed by atoms with van der Waals surface area (Å²) in [6.07, 6.45) is 1.00. The van der Waals surface area contributed by atoms with Crippen LogP contribution in [-0.4, -0.2) is 0 Å². The summed E-state index contributed by atoms with van der Waals surface area (Å²) in [6.45, 7) is 6.76. The number of hydrogen-bond acceptors (Lipinski definition) is 2. The third-order valence-corrected chi connectivity index (χ3v) is 6.06. The zero-order valence-corrected chi connectivity index (χ0v) is 15.2. The predicted molar refractivity (Wildman–Crippen MR) is 104 cm³/mol. The monoisotopic (exact) mass is 334 g/mol. The molecule has 2 heterocycles. The molecule has 122 valence electrons. The summed E-state index contributed by atoms with van der Waals surface area (Å²) in [5.74, 6) is 2.04. The van der Waals surface area contributed by atoms with E-state index in [9.17, 15) is 0 Å². The molecule has 0 amide bonds. The largest absolute Gasteiger partial charge is 0.461 e. The first-order valence-electron chi connectivity index (χ1n) is 8.61. The lowest BCUT2D eigenvalue weighted by Gasteiger charge is -2.08. The minimum Gasteiger partial charge on any atom is -0.461 e. The highest BCUT2D eigenvalue weighted by molar-refractivity contribution is 7.19. The number of rotatable bonds is 4. The molecule has 1 nitrogen and oxygen atoms in total. The Bertz CT molecular complexity index is 956. The number of fused-ring (bicyclic) bond motifs is 2. The lowest BCUT2D eigenvalue weighted by atomic mass is 9.98. The van der Waals surface area contributed by atoms with Crippen molar-refractivity contribution < 1.29 is 4.42 Å². The average Bonchev–Trinajstić information content (AvgIpc) is 3.18. The van der Waals surface area contributed by atoms with Crippen LogP contribution in [0.25, 0.3) is 21.1 Å². The molecule has 2 aromatic carbocycles. The van der Waals surface area contributed by atoms with Crippen LogP contribution < -0.4 is 0 Å². The third-order valence-electron chi connectivity index (χ3n) is 4.64. The first kappa shape index (κ1) is 15.5. The standard InChI is InChI=1S/C22H22OS/c1-14(2)22-13-18-11-16(8-9-21(18)24-22)10-15(3)20-12-17-6-4-5-7-19(17)23-20/h4-9,11-15H,10H2,1-3H3. The number of para-hydroxylation sites is 1. The van der Waals surface area contributed by atoms with Crippen molar-refractivity contribution in [2.24, 2.45) is 0 Å². The van der Waals surface area contributed by atoms with Gasteiger partial charge in [0, 0.05) is 20.9 Å². The highest BCUT2D eigenvalue weighted by atomic mass is 32.1. The van der Waals surface area contributed by atoms with E-state index in [0.29, 0.717) is 11.8 Å². The van der Waals surface area contributed by atoms with Crippen molar-refractivity contribution in [2.75, 3.05) is 0 Å². The van der Waals surface area contributed by atoms with E-state index in [0.717, 1.165) is 17.8 Å². The van der Waals surface area contributed by atoms with Crippen LogP contribution in [0.1, 0.15) is 48.8 Å². The van der Waals surface area contributed by atoms with Crippen molar-refractivity contribution in [1.29, 1.82) is 0 Å². The summed E-state index contributed by atoms with van der Waals surface area (Å²) in [5, 5.41) is 2.56. The number of hydrogen-bond donors (Lipinski definition) is 0. The van der Waals surface area contributed by atoms with Gasteiger partial charge in [-0.2, -0.15) is 0 Å². The van der Waals surface area contributed by atoms with E-state index >= 15 is 0 Å². The van der Waals surface area contributed by atoms with Crippen LogP contribution in [0.3, 0.4) is 0 Å². The molecule has 0 fully saturated rings. The number of benzene rings is 2. The van der Waals surface area contributed by atoms with Gasteiger partial charge >= 0.3 is 0 Å². The highest BCUT2D eigenvalue weighted by Gasteiger charge is 2.13. The van der Waals surface area contributed by atoms with Gasteiger partial charge in [-0.15, -0.1) is 11.3 Å². The van der Waals surface area contributed by atoms with E-state index < -0.39 is 0 Å². The summed E-state index contributed by atoms with van der Waals surface area (Å²) in [5.41, 5.74) is 2.36. The quantitative estimate of drug-likeness (QED) is 0.387. The summed E-state index contributed by atoms with van der Waals surface area (Å²) >= 11 is 1.91. The molecule has 0 spiro atoms. The molecule has 0 aliphatic heterocycles. The topological polar surface area (TPSA) is 13.1 Å². The maximum atomic E-state index is 6.03. The Morgan fingerprint density at radius 2 is 1.75 bits per heavy atom. The molecule has 4 rings (SSSR count). The Kier molecular flexibility index (Phi) is 3.93. The molecule has 1 atom stereocenters. The van der Waals surface area contributed by atoms with Crippen LogP contribution >= 0.6 is 11.3 Å². The van der Waals surface area contributed by atoms with Gasteiger partial charge in [0.15, 0.2) is 0 Å². The second-order valence-corrected chi connectivity index (χ2v) is 8.08. The molecule has 0 bridgehead atoms. The van der Waals surface area contributed by atoms with Crippen molar-refractivity contribution in [3.8, 4) is 0 Å². The second-order valence-electron chi connectivity index (χ2n) is 6.97. The average molecular weight is 334 g/mol. The molecule has 24 heavy (non-hydrogen) atoms. The van der Waals surface area contributed by atoms with Gasteiger partial charge < -0.3 is 4.42 Å². The van der Waals surface area contributed by atoms with Crippen LogP contribution in [0, 0.1) is 0 Å². The van der Waals surface area contributed by atoms with Gasteiger partial charge in [0.25, 0.3) is 0 Å². The Balaban J connectivity index is 1.60. The van der Waals surface area contributed by atoms with Crippen molar-refractivity contribution in [3.05, 3.63) is 70.8 Å². The van der Waals surface area contributed by atoms with Crippen molar-refractivity contribution >= 4 is 32.4 Å². The third kappa shape index (κ3) is 2.87. The van der Waals surface area contributed by atoms with Crippen molar-refractivity contribution in [1.82, 2.24) is 0 Å². The maximum absolute atomic E-state index is 6.03. The Morgan fingerprint density at radius 1 is 0.917 bits per heavy atom. The predicted octanol–water partition coefficient (Wildman–Crippen LogP) is 7.12. The van der Waals surface area contributed by atoms with Gasteiger partial charge in [0.2, 0.25) is 0 Å². The van der Waals surface area contributed by atoms with E-state index in [1.807, 2.05) is 23.5 Å². The lowest BCUT2D eigenvalue weighted by Crippen LogP contribution is -1.96. The van der Waals surface area contributed by atoms with Crippen molar-refractivity contribution in [3.63, 3.8) is 0 Å². The van der Waals surface area contributed by atoms with E-state index in [1.165, 1.54) is 25.9 Å². The van der Waals surface area contributed by atoms with Gasteiger partial charge in [-0.25, -0.2) is 0 Å². The minimum atomic E-state index is 0.373. The van der Waals surface area contributed by atoms with E-state index in [1.54, 1.807) is 0 Å². The molecule has 1 unspecified atom stereocenters. The van der Waals surface area contributed by atoms with E-state index in [2.05, 4.69) is 63.2 Å².